The van der Waals surface area contributed by atoms with E-state index in [2.05, 4.69) is 24.5 Å². The van der Waals surface area contributed by atoms with Crippen LogP contribution in [0.1, 0.15) is 6.92 Å². The number of thiol groups is 1. The number of carbonyl (C=O) groups excluding carboxylic acids is 1. The van der Waals surface area contributed by atoms with Crippen LogP contribution in [0.3, 0.4) is 0 Å². The van der Waals surface area contributed by atoms with Crippen LogP contribution in [0.4, 0.5) is 0 Å². The molecule has 0 unspecified atom stereocenters. The second kappa shape index (κ2) is 5.11. The molecule has 0 atom stereocenters. The summed E-state index contributed by atoms with van der Waals surface area (Å²) in [5.74, 6) is -0.0518. The molecule has 10 heavy (non-hydrogen) atoms. The summed E-state index contributed by atoms with van der Waals surface area (Å²) < 4.78 is 0. The van der Waals surface area contributed by atoms with Gasteiger partial charge >= 0.3 is 0 Å². The van der Waals surface area contributed by atoms with Crippen molar-refractivity contribution in [3.8, 4) is 0 Å². The fourth-order valence-electron chi connectivity index (χ4n) is 0.410. The Labute approximate surface area is 66.4 Å². The molecule has 0 aromatic heterocycles. The van der Waals surface area contributed by atoms with Gasteiger partial charge in [0.05, 0.1) is 0 Å². The molecule has 0 saturated heterocycles. The van der Waals surface area contributed by atoms with E-state index in [9.17, 15) is 4.79 Å². The molecule has 3 heteroatoms. The lowest BCUT2D eigenvalue weighted by Gasteiger charge is -1.98. The summed E-state index contributed by atoms with van der Waals surface area (Å²) in [5.41, 5.74) is 0. The van der Waals surface area contributed by atoms with E-state index in [0.717, 1.165) is 4.91 Å². The first-order valence-corrected chi connectivity index (χ1v) is 3.36. The second-order valence-corrected chi connectivity index (χ2v) is 2.38. The number of hydrogen-bond acceptors (Lipinski definition) is 2. The highest BCUT2D eigenvalue weighted by Gasteiger charge is 1.90. The molecule has 1 amide bonds. The van der Waals surface area contributed by atoms with Crippen molar-refractivity contribution in [1.82, 2.24) is 5.32 Å². The summed E-state index contributed by atoms with van der Waals surface area (Å²) in [7, 11) is 0. The highest BCUT2D eigenvalue weighted by molar-refractivity contribution is 7.84. The standard InChI is InChI=1S/C7H11NOS/c1-3-4-7(10)5-8-6(2)9/h3-4,10H,1,5H2,2H3,(H,8,9)/b7-4-. The van der Waals surface area contributed by atoms with E-state index in [-0.39, 0.29) is 5.91 Å². The van der Waals surface area contributed by atoms with E-state index in [1.54, 1.807) is 12.2 Å². The number of amides is 1. The third kappa shape index (κ3) is 5.44. The fraction of sp³-hybridized carbons (Fsp3) is 0.286. The lowest BCUT2D eigenvalue weighted by Crippen LogP contribution is -2.20. The fourth-order valence-corrected chi connectivity index (χ4v) is 0.594. The highest BCUT2D eigenvalue weighted by Crippen LogP contribution is 1.96. The van der Waals surface area contributed by atoms with Crippen molar-refractivity contribution in [3.63, 3.8) is 0 Å². The van der Waals surface area contributed by atoms with Gasteiger partial charge in [-0.3, -0.25) is 4.79 Å². The van der Waals surface area contributed by atoms with Crippen LogP contribution in [-0.2, 0) is 4.79 Å². The van der Waals surface area contributed by atoms with Crippen molar-refractivity contribution in [2.45, 2.75) is 6.92 Å². The second-order valence-electron chi connectivity index (χ2n) is 1.80. The van der Waals surface area contributed by atoms with Gasteiger partial charge in [0.15, 0.2) is 0 Å². The molecule has 0 rings (SSSR count). The van der Waals surface area contributed by atoms with Gasteiger partial charge in [0, 0.05) is 18.4 Å². The van der Waals surface area contributed by atoms with E-state index < -0.39 is 0 Å². The quantitative estimate of drug-likeness (QED) is 0.466. The van der Waals surface area contributed by atoms with Crippen molar-refractivity contribution in [2.75, 3.05) is 6.54 Å². The highest BCUT2D eigenvalue weighted by atomic mass is 32.1. The zero-order valence-corrected chi connectivity index (χ0v) is 6.82. The van der Waals surface area contributed by atoms with Gasteiger partial charge in [-0.25, -0.2) is 0 Å². The molecule has 0 aromatic carbocycles. The van der Waals surface area contributed by atoms with Gasteiger partial charge in [-0.15, -0.1) is 12.6 Å². The SMILES string of the molecule is C=C/C=C(\S)CNC(C)=O. The van der Waals surface area contributed by atoms with E-state index in [4.69, 9.17) is 0 Å². The largest absolute Gasteiger partial charge is 0.352 e. The smallest absolute Gasteiger partial charge is 0.217 e. The molecule has 0 aromatic rings. The average Bonchev–Trinajstić information content (AvgIpc) is 1.85. The molecule has 0 fully saturated rings. The summed E-state index contributed by atoms with van der Waals surface area (Å²) in [5, 5.41) is 2.60. The Morgan fingerprint density at radius 1 is 1.80 bits per heavy atom. The molecule has 0 heterocycles. The van der Waals surface area contributed by atoms with Gasteiger partial charge < -0.3 is 5.32 Å². The molecule has 0 saturated carbocycles. The Balaban J connectivity index is 3.58. The maximum absolute atomic E-state index is 10.4. The molecule has 0 radical (unpaired) electrons. The molecule has 0 aliphatic rings. The Hall–Kier alpha value is -0.700. The summed E-state index contributed by atoms with van der Waals surface area (Å²) >= 11 is 4.06. The van der Waals surface area contributed by atoms with E-state index in [0.29, 0.717) is 6.54 Å². The summed E-state index contributed by atoms with van der Waals surface area (Å²) in [6.07, 6.45) is 3.36. The minimum atomic E-state index is -0.0518. The van der Waals surface area contributed by atoms with Gasteiger partial charge in [0.1, 0.15) is 0 Å². The molecule has 2 nitrogen and oxygen atoms in total. The van der Waals surface area contributed by atoms with Crippen LogP contribution in [0.5, 0.6) is 0 Å². The predicted octanol–water partition coefficient (Wildman–Crippen LogP) is 1.12. The van der Waals surface area contributed by atoms with Gasteiger partial charge in [-0.2, -0.15) is 0 Å². The number of rotatable bonds is 3. The van der Waals surface area contributed by atoms with Gasteiger partial charge in [0.25, 0.3) is 0 Å². The minimum absolute atomic E-state index is 0.0518. The average molecular weight is 157 g/mol. The third-order valence-electron chi connectivity index (χ3n) is 0.829. The monoisotopic (exact) mass is 157 g/mol. The van der Waals surface area contributed by atoms with Crippen molar-refractivity contribution in [3.05, 3.63) is 23.6 Å². The van der Waals surface area contributed by atoms with E-state index >= 15 is 0 Å². The summed E-state index contributed by atoms with van der Waals surface area (Å²) in [6.45, 7) is 5.43. The van der Waals surface area contributed by atoms with Gasteiger partial charge in [-0.05, 0) is 0 Å². The normalized spacial score (nSPS) is 10.8. The zero-order chi connectivity index (χ0) is 7.98. The molecule has 0 aliphatic carbocycles. The van der Waals surface area contributed by atoms with Gasteiger partial charge in [0.2, 0.25) is 5.91 Å². The Morgan fingerprint density at radius 2 is 2.40 bits per heavy atom. The minimum Gasteiger partial charge on any atom is -0.352 e. The van der Waals surface area contributed by atoms with E-state index in [1.807, 2.05) is 0 Å². The lowest BCUT2D eigenvalue weighted by molar-refractivity contribution is -0.118. The first kappa shape index (κ1) is 9.30. The summed E-state index contributed by atoms with van der Waals surface area (Å²) in [6, 6.07) is 0. The molecule has 1 N–H and O–H groups in total. The van der Waals surface area contributed by atoms with Crippen LogP contribution in [-0.4, -0.2) is 12.5 Å². The molecule has 0 bridgehead atoms. The third-order valence-corrected chi connectivity index (χ3v) is 1.14. The van der Waals surface area contributed by atoms with Gasteiger partial charge in [-0.1, -0.05) is 18.7 Å². The Bertz CT molecular complexity index is 163. The molecule has 0 aliphatic heterocycles. The van der Waals surface area contributed by atoms with Crippen LogP contribution >= 0.6 is 12.6 Å². The zero-order valence-electron chi connectivity index (χ0n) is 5.92. The number of hydrogen-bond donors (Lipinski definition) is 2. The van der Waals surface area contributed by atoms with Crippen molar-refractivity contribution < 1.29 is 4.79 Å². The summed E-state index contributed by atoms with van der Waals surface area (Å²) in [4.78, 5) is 11.2. The van der Waals surface area contributed by atoms with Crippen LogP contribution in [0, 0.1) is 0 Å². The van der Waals surface area contributed by atoms with Crippen molar-refractivity contribution in [1.29, 1.82) is 0 Å². The number of nitrogens with one attached hydrogen (secondary N) is 1. The molecular weight excluding hydrogens is 146 g/mol. The van der Waals surface area contributed by atoms with Crippen molar-refractivity contribution >= 4 is 18.5 Å². The Morgan fingerprint density at radius 3 is 2.80 bits per heavy atom. The number of carbonyl (C=O) groups is 1. The first-order valence-electron chi connectivity index (χ1n) is 2.92. The number of allylic oxidation sites excluding steroid dienone is 2. The molecule has 0 spiro atoms. The topological polar surface area (TPSA) is 29.1 Å². The van der Waals surface area contributed by atoms with Crippen LogP contribution in [0.15, 0.2) is 23.6 Å². The maximum Gasteiger partial charge on any atom is 0.217 e. The molecular formula is C7H11NOS. The Kier molecular flexibility index (Phi) is 4.76. The van der Waals surface area contributed by atoms with Crippen LogP contribution in [0.25, 0.3) is 0 Å². The first-order chi connectivity index (χ1) is 4.66. The van der Waals surface area contributed by atoms with E-state index in [1.165, 1.54) is 6.92 Å². The lowest BCUT2D eigenvalue weighted by atomic mass is 10.4. The van der Waals surface area contributed by atoms with Crippen molar-refractivity contribution in [2.24, 2.45) is 0 Å². The molecule has 56 valence electrons. The van der Waals surface area contributed by atoms with Crippen LogP contribution < -0.4 is 5.32 Å². The predicted molar refractivity (Wildman–Crippen MR) is 45.9 cm³/mol. The maximum atomic E-state index is 10.4. The van der Waals surface area contributed by atoms with Crippen LogP contribution in [0.2, 0.25) is 0 Å².